The summed E-state index contributed by atoms with van der Waals surface area (Å²) < 4.78 is 13.6. The van der Waals surface area contributed by atoms with Crippen LogP contribution < -0.4 is 10.1 Å². The number of amides is 1. The third-order valence-electron chi connectivity index (χ3n) is 6.81. The summed E-state index contributed by atoms with van der Waals surface area (Å²) >= 11 is 1.69. The number of hydrogen-bond donors (Lipinski definition) is 1. The van der Waals surface area contributed by atoms with Gasteiger partial charge in [0.15, 0.2) is 0 Å². The number of anilines is 1. The second-order valence-corrected chi connectivity index (χ2v) is 11.3. The van der Waals surface area contributed by atoms with Gasteiger partial charge in [-0.2, -0.15) is 0 Å². The van der Waals surface area contributed by atoms with Crippen LogP contribution in [0.2, 0.25) is 0 Å². The number of benzene rings is 3. The standard InChI is InChI=1S/C34H37N3O3S/c1-2-3-19-39-20-21-40-31-14-10-28(11-15-31)29-6-4-5-26(22-29)9-18-33(38)36-30-12-16-32(17-13-30)41-34-23-35-25-37(34)24-27-7-8-27/h4-6,9-18,22-23,25,27H,2-3,7-8,19-21,24H2,1H3,(H,36,38)/b18-9+. The minimum Gasteiger partial charge on any atom is -0.491 e. The van der Waals surface area contributed by atoms with Gasteiger partial charge in [-0.3, -0.25) is 4.79 Å². The molecule has 0 unspecified atom stereocenters. The Hall–Kier alpha value is -3.81. The van der Waals surface area contributed by atoms with Crippen molar-refractivity contribution in [2.45, 2.75) is 49.1 Å². The first-order valence-corrected chi connectivity index (χ1v) is 15.2. The molecular formula is C34H37N3O3S. The van der Waals surface area contributed by atoms with Gasteiger partial charge in [-0.15, -0.1) is 0 Å². The molecule has 3 aromatic carbocycles. The molecule has 1 N–H and O–H groups in total. The van der Waals surface area contributed by atoms with Crippen molar-refractivity contribution in [2.75, 3.05) is 25.1 Å². The molecular weight excluding hydrogens is 530 g/mol. The Morgan fingerprint density at radius 2 is 1.85 bits per heavy atom. The zero-order chi connectivity index (χ0) is 28.3. The molecule has 5 rings (SSSR count). The maximum Gasteiger partial charge on any atom is 0.248 e. The largest absolute Gasteiger partial charge is 0.491 e. The molecule has 0 saturated heterocycles. The maximum atomic E-state index is 12.6. The Balaban J connectivity index is 1.10. The molecule has 1 aromatic heterocycles. The molecule has 0 aliphatic heterocycles. The van der Waals surface area contributed by atoms with Crippen LogP contribution in [0.3, 0.4) is 0 Å². The third-order valence-corrected chi connectivity index (χ3v) is 7.87. The SMILES string of the molecule is CCCCOCCOc1ccc(-c2cccc(/C=C/C(=O)Nc3ccc(Sc4cncn4CC4CC4)cc3)c2)cc1. The first-order valence-electron chi connectivity index (χ1n) is 14.3. The number of imidazole rings is 1. The molecule has 7 heteroatoms. The molecule has 0 spiro atoms. The van der Waals surface area contributed by atoms with E-state index >= 15 is 0 Å². The summed E-state index contributed by atoms with van der Waals surface area (Å²) in [4.78, 5) is 18.0. The molecule has 1 aliphatic carbocycles. The number of carbonyl (C=O) groups excluding carboxylic acids is 1. The van der Waals surface area contributed by atoms with E-state index in [1.54, 1.807) is 17.8 Å². The van der Waals surface area contributed by atoms with E-state index in [9.17, 15) is 4.79 Å². The number of aromatic nitrogens is 2. The smallest absolute Gasteiger partial charge is 0.248 e. The zero-order valence-electron chi connectivity index (χ0n) is 23.5. The molecule has 6 nitrogen and oxygen atoms in total. The number of unbranched alkanes of at least 4 members (excludes halogenated alkanes) is 1. The van der Waals surface area contributed by atoms with Crippen molar-refractivity contribution in [1.29, 1.82) is 0 Å². The van der Waals surface area contributed by atoms with Crippen LogP contribution in [-0.4, -0.2) is 35.3 Å². The van der Waals surface area contributed by atoms with Crippen molar-refractivity contribution >= 4 is 29.4 Å². The van der Waals surface area contributed by atoms with Gasteiger partial charge in [0.05, 0.1) is 24.2 Å². The second kappa shape index (κ2) is 14.7. The summed E-state index contributed by atoms with van der Waals surface area (Å²) in [6.07, 6.45) is 12.1. The van der Waals surface area contributed by atoms with Gasteiger partial charge in [-0.05, 0) is 90.4 Å². The fourth-order valence-corrected chi connectivity index (χ4v) is 5.19. The van der Waals surface area contributed by atoms with Crippen molar-refractivity contribution in [2.24, 2.45) is 5.92 Å². The predicted molar refractivity (Wildman–Crippen MR) is 166 cm³/mol. The summed E-state index contributed by atoms with van der Waals surface area (Å²) in [5.41, 5.74) is 3.88. The molecule has 1 amide bonds. The molecule has 4 aromatic rings. The molecule has 0 radical (unpaired) electrons. The number of ether oxygens (including phenoxy) is 2. The van der Waals surface area contributed by atoms with E-state index < -0.39 is 0 Å². The van der Waals surface area contributed by atoms with E-state index in [0.717, 1.165) is 70.0 Å². The van der Waals surface area contributed by atoms with E-state index in [-0.39, 0.29) is 5.91 Å². The predicted octanol–water partition coefficient (Wildman–Crippen LogP) is 7.96. The third kappa shape index (κ3) is 9.10. The monoisotopic (exact) mass is 567 g/mol. The topological polar surface area (TPSA) is 65.4 Å². The average molecular weight is 568 g/mol. The van der Waals surface area contributed by atoms with E-state index in [2.05, 4.69) is 33.9 Å². The summed E-state index contributed by atoms with van der Waals surface area (Å²) in [6, 6.07) is 24.1. The number of rotatable bonds is 15. The highest BCUT2D eigenvalue weighted by Gasteiger charge is 2.22. The lowest BCUT2D eigenvalue weighted by Gasteiger charge is -2.08. The van der Waals surface area contributed by atoms with Crippen LogP contribution in [-0.2, 0) is 16.1 Å². The van der Waals surface area contributed by atoms with Crippen LogP contribution in [0.25, 0.3) is 17.2 Å². The van der Waals surface area contributed by atoms with Crippen LogP contribution in [0.5, 0.6) is 5.75 Å². The summed E-state index contributed by atoms with van der Waals surface area (Å²) in [5, 5.41) is 4.10. The van der Waals surface area contributed by atoms with Crippen LogP contribution >= 0.6 is 11.8 Å². The highest BCUT2D eigenvalue weighted by Crippen LogP contribution is 2.34. The van der Waals surface area contributed by atoms with Crippen LogP contribution in [0, 0.1) is 5.92 Å². The van der Waals surface area contributed by atoms with Gasteiger partial charge in [-0.1, -0.05) is 55.4 Å². The number of nitrogens with one attached hydrogen (secondary N) is 1. The Kier molecular flexibility index (Phi) is 10.3. The number of carbonyl (C=O) groups is 1. The van der Waals surface area contributed by atoms with Gasteiger partial charge in [0, 0.05) is 29.8 Å². The Morgan fingerprint density at radius 1 is 1.02 bits per heavy atom. The molecule has 41 heavy (non-hydrogen) atoms. The normalized spacial score (nSPS) is 13.0. The lowest BCUT2D eigenvalue weighted by molar-refractivity contribution is -0.111. The molecule has 0 bridgehead atoms. The van der Waals surface area contributed by atoms with E-state index in [4.69, 9.17) is 9.47 Å². The van der Waals surface area contributed by atoms with Crippen molar-refractivity contribution in [3.05, 3.63) is 97.0 Å². The minimum absolute atomic E-state index is 0.168. The lowest BCUT2D eigenvalue weighted by atomic mass is 10.0. The van der Waals surface area contributed by atoms with E-state index in [1.165, 1.54) is 12.8 Å². The molecule has 1 fully saturated rings. The van der Waals surface area contributed by atoms with Crippen molar-refractivity contribution in [3.8, 4) is 16.9 Å². The fraction of sp³-hybridized carbons (Fsp3) is 0.294. The quantitative estimate of drug-likeness (QED) is 0.117. The van der Waals surface area contributed by atoms with Gasteiger partial charge < -0.3 is 19.4 Å². The Morgan fingerprint density at radius 3 is 2.63 bits per heavy atom. The van der Waals surface area contributed by atoms with Crippen molar-refractivity contribution < 1.29 is 14.3 Å². The van der Waals surface area contributed by atoms with Crippen molar-refractivity contribution in [3.63, 3.8) is 0 Å². The first kappa shape index (κ1) is 28.7. The average Bonchev–Trinajstić information content (AvgIpc) is 3.72. The van der Waals surface area contributed by atoms with Crippen LogP contribution in [0.15, 0.2) is 101 Å². The summed E-state index contributed by atoms with van der Waals surface area (Å²) in [5.74, 6) is 1.46. The summed E-state index contributed by atoms with van der Waals surface area (Å²) in [7, 11) is 0. The fourth-order valence-electron chi connectivity index (χ4n) is 4.32. The highest BCUT2D eigenvalue weighted by molar-refractivity contribution is 7.99. The highest BCUT2D eigenvalue weighted by atomic mass is 32.2. The number of nitrogens with zero attached hydrogens (tertiary/aromatic N) is 2. The molecule has 1 aliphatic rings. The van der Waals surface area contributed by atoms with Gasteiger partial charge >= 0.3 is 0 Å². The second-order valence-electron chi connectivity index (χ2n) is 10.2. The Labute approximate surface area is 246 Å². The van der Waals surface area contributed by atoms with Gasteiger partial charge in [0.2, 0.25) is 5.91 Å². The van der Waals surface area contributed by atoms with E-state index in [1.807, 2.05) is 79.3 Å². The Bertz CT molecular complexity index is 1430. The van der Waals surface area contributed by atoms with Gasteiger partial charge in [0.25, 0.3) is 0 Å². The zero-order valence-corrected chi connectivity index (χ0v) is 24.3. The van der Waals surface area contributed by atoms with E-state index in [0.29, 0.717) is 13.2 Å². The summed E-state index contributed by atoms with van der Waals surface area (Å²) in [6.45, 7) is 5.12. The van der Waals surface area contributed by atoms with Gasteiger partial charge in [-0.25, -0.2) is 4.98 Å². The lowest BCUT2D eigenvalue weighted by Crippen LogP contribution is -2.07. The molecule has 212 valence electrons. The maximum absolute atomic E-state index is 12.6. The molecule has 1 heterocycles. The van der Waals surface area contributed by atoms with Gasteiger partial charge in [0.1, 0.15) is 12.4 Å². The molecule has 0 atom stereocenters. The molecule has 1 saturated carbocycles. The van der Waals surface area contributed by atoms with Crippen LogP contribution in [0.4, 0.5) is 5.69 Å². The minimum atomic E-state index is -0.168. The number of hydrogen-bond acceptors (Lipinski definition) is 5. The van der Waals surface area contributed by atoms with Crippen molar-refractivity contribution in [1.82, 2.24) is 9.55 Å². The first-order chi connectivity index (χ1) is 20.2. The van der Waals surface area contributed by atoms with Crippen LogP contribution in [0.1, 0.15) is 38.2 Å².